The van der Waals surface area contributed by atoms with Crippen LogP contribution in [0.1, 0.15) is 5.56 Å². The predicted octanol–water partition coefficient (Wildman–Crippen LogP) is 5.33. The highest BCUT2D eigenvalue weighted by atomic mass is 79.9. The molecule has 1 heterocycles. The van der Waals surface area contributed by atoms with Crippen LogP contribution in [0.3, 0.4) is 0 Å². The van der Waals surface area contributed by atoms with Crippen LogP contribution in [0, 0.1) is 10.1 Å². The van der Waals surface area contributed by atoms with E-state index in [1.165, 1.54) is 12.1 Å². The van der Waals surface area contributed by atoms with Crippen molar-refractivity contribution >= 4 is 44.2 Å². The molecule has 0 spiro atoms. The fraction of sp³-hybridized carbons (Fsp3) is 0. The number of aliphatic imine (C=N–C) groups is 1. The van der Waals surface area contributed by atoms with Gasteiger partial charge in [-0.15, -0.1) is 0 Å². The zero-order valence-corrected chi connectivity index (χ0v) is 15.6. The highest BCUT2D eigenvalue weighted by Crippen LogP contribution is 2.23. The molecule has 0 amide bonds. The number of nitro groups is 1. The van der Waals surface area contributed by atoms with Crippen LogP contribution in [-0.4, -0.2) is 20.3 Å². The molecule has 0 aliphatic heterocycles. The fourth-order valence-electron chi connectivity index (χ4n) is 2.79. The SMILES string of the molecule is O=[N+]([O-])c1ccc(C(=Nc2cccc(Br)c2)n2cnc3ccccc32)cc1. The molecule has 0 fully saturated rings. The van der Waals surface area contributed by atoms with Gasteiger partial charge in [-0.1, -0.05) is 34.1 Å². The third-order valence-electron chi connectivity index (χ3n) is 4.06. The summed E-state index contributed by atoms with van der Waals surface area (Å²) < 4.78 is 2.81. The predicted molar refractivity (Wildman–Crippen MR) is 109 cm³/mol. The van der Waals surface area contributed by atoms with Gasteiger partial charge in [0, 0.05) is 22.2 Å². The zero-order chi connectivity index (χ0) is 18.8. The van der Waals surface area contributed by atoms with E-state index in [0.29, 0.717) is 5.84 Å². The van der Waals surface area contributed by atoms with Gasteiger partial charge >= 0.3 is 0 Å². The van der Waals surface area contributed by atoms with Crippen molar-refractivity contribution in [2.24, 2.45) is 4.99 Å². The van der Waals surface area contributed by atoms with Gasteiger partial charge < -0.3 is 0 Å². The average molecular weight is 421 g/mol. The highest BCUT2D eigenvalue weighted by Gasteiger charge is 2.13. The molecule has 0 unspecified atom stereocenters. The maximum absolute atomic E-state index is 11.0. The first kappa shape index (κ1) is 17.1. The Kier molecular flexibility index (Phi) is 4.52. The number of fused-ring (bicyclic) bond motifs is 1. The number of rotatable bonds is 3. The number of hydrogen-bond acceptors (Lipinski definition) is 4. The molecule has 0 saturated carbocycles. The van der Waals surface area contributed by atoms with Gasteiger partial charge in [-0.25, -0.2) is 9.98 Å². The van der Waals surface area contributed by atoms with E-state index in [1.54, 1.807) is 18.5 Å². The Hall–Kier alpha value is -3.32. The Balaban J connectivity index is 1.91. The summed E-state index contributed by atoms with van der Waals surface area (Å²) in [5, 5.41) is 11.0. The van der Waals surface area contributed by atoms with Crippen molar-refractivity contribution in [2.75, 3.05) is 0 Å². The van der Waals surface area contributed by atoms with Crippen LogP contribution in [0.2, 0.25) is 0 Å². The van der Waals surface area contributed by atoms with Crippen molar-refractivity contribution in [3.63, 3.8) is 0 Å². The molecule has 3 aromatic carbocycles. The fourth-order valence-corrected chi connectivity index (χ4v) is 3.17. The molecule has 0 bridgehead atoms. The molecule has 0 aliphatic rings. The molecule has 0 radical (unpaired) electrons. The lowest BCUT2D eigenvalue weighted by molar-refractivity contribution is -0.384. The van der Waals surface area contributed by atoms with Crippen molar-refractivity contribution in [1.29, 1.82) is 0 Å². The quantitative estimate of drug-likeness (QED) is 0.194. The summed E-state index contributed by atoms with van der Waals surface area (Å²) in [5.74, 6) is 0.636. The van der Waals surface area contributed by atoms with E-state index in [1.807, 2.05) is 53.1 Å². The number of para-hydroxylation sites is 2. The Labute approximate surface area is 163 Å². The van der Waals surface area contributed by atoms with Gasteiger partial charge in [0.1, 0.15) is 12.2 Å². The minimum absolute atomic E-state index is 0.0380. The van der Waals surface area contributed by atoms with Crippen LogP contribution in [0.4, 0.5) is 11.4 Å². The summed E-state index contributed by atoms with van der Waals surface area (Å²) in [7, 11) is 0. The van der Waals surface area contributed by atoms with E-state index < -0.39 is 4.92 Å². The molecule has 6 nitrogen and oxygen atoms in total. The average Bonchev–Trinajstić information content (AvgIpc) is 3.10. The van der Waals surface area contributed by atoms with Gasteiger partial charge in [-0.05, 0) is 42.5 Å². The summed E-state index contributed by atoms with van der Waals surface area (Å²) >= 11 is 3.46. The van der Waals surface area contributed by atoms with Crippen LogP contribution in [0.25, 0.3) is 11.0 Å². The minimum Gasteiger partial charge on any atom is -0.282 e. The smallest absolute Gasteiger partial charge is 0.269 e. The number of aromatic nitrogens is 2. The monoisotopic (exact) mass is 420 g/mol. The standard InChI is InChI=1S/C20H13BrN4O2/c21-15-4-3-5-16(12-15)23-20(14-8-10-17(11-9-14)25(26)27)24-13-22-18-6-1-2-7-19(18)24/h1-13H. The number of non-ortho nitro benzene ring substituents is 1. The van der Waals surface area contributed by atoms with Gasteiger partial charge in [0.05, 0.1) is 21.6 Å². The van der Waals surface area contributed by atoms with Gasteiger partial charge in [-0.2, -0.15) is 0 Å². The zero-order valence-electron chi connectivity index (χ0n) is 14.0. The van der Waals surface area contributed by atoms with Crippen LogP contribution < -0.4 is 0 Å². The Bertz CT molecular complexity index is 1170. The molecule has 0 atom stereocenters. The summed E-state index contributed by atoms with van der Waals surface area (Å²) in [6.07, 6.45) is 1.71. The minimum atomic E-state index is -0.415. The second-order valence-corrected chi connectivity index (χ2v) is 6.74. The maximum atomic E-state index is 11.0. The highest BCUT2D eigenvalue weighted by molar-refractivity contribution is 9.10. The Morgan fingerprint density at radius 1 is 1.04 bits per heavy atom. The number of nitrogens with zero attached hydrogens (tertiary/aromatic N) is 4. The third-order valence-corrected chi connectivity index (χ3v) is 4.55. The van der Waals surface area contributed by atoms with E-state index in [-0.39, 0.29) is 5.69 Å². The van der Waals surface area contributed by atoms with Crippen LogP contribution in [0.5, 0.6) is 0 Å². The van der Waals surface area contributed by atoms with Crippen LogP contribution >= 0.6 is 15.9 Å². The van der Waals surface area contributed by atoms with E-state index >= 15 is 0 Å². The first-order valence-corrected chi connectivity index (χ1v) is 8.93. The Morgan fingerprint density at radius 2 is 1.81 bits per heavy atom. The molecule has 0 N–H and O–H groups in total. The maximum Gasteiger partial charge on any atom is 0.269 e. The summed E-state index contributed by atoms with van der Waals surface area (Å²) in [6, 6.07) is 21.7. The van der Waals surface area contributed by atoms with E-state index in [2.05, 4.69) is 20.9 Å². The molecule has 0 aliphatic carbocycles. The topological polar surface area (TPSA) is 73.3 Å². The van der Waals surface area contributed by atoms with Gasteiger partial charge in [-0.3, -0.25) is 14.7 Å². The lowest BCUT2D eigenvalue weighted by Crippen LogP contribution is -2.12. The molecule has 0 saturated heterocycles. The summed E-state index contributed by atoms with van der Waals surface area (Å²) in [6.45, 7) is 0. The second kappa shape index (κ2) is 7.13. The van der Waals surface area contributed by atoms with Crippen molar-refractivity contribution in [2.45, 2.75) is 0 Å². The number of imidazole rings is 1. The summed E-state index contributed by atoms with van der Waals surface area (Å²) in [4.78, 5) is 19.8. The molecule has 4 rings (SSSR count). The molecule has 1 aromatic heterocycles. The normalized spacial score (nSPS) is 11.7. The van der Waals surface area contributed by atoms with Crippen molar-refractivity contribution < 1.29 is 4.92 Å². The van der Waals surface area contributed by atoms with Crippen molar-refractivity contribution in [3.05, 3.63) is 99.3 Å². The van der Waals surface area contributed by atoms with Gasteiger partial charge in [0.15, 0.2) is 0 Å². The number of benzene rings is 3. The third kappa shape index (κ3) is 3.50. The molecule has 132 valence electrons. The molecule has 7 heteroatoms. The van der Waals surface area contributed by atoms with Gasteiger partial charge in [0.2, 0.25) is 0 Å². The van der Waals surface area contributed by atoms with E-state index in [0.717, 1.165) is 26.8 Å². The number of halogens is 1. The molecule has 4 aromatic rings. The Morgan fingerprint density at radius 3 is 2.56 bits per heavy atom. The van der Waals surface area contributed by atoms with Crippen LogP contribution in [-0.2, 0) is 0 Å². The molecular formula is C20H13BrN4O2. The van der Waals surface area contributed by atoms with E-state index in [9.17, 15) is 10.1 Å². The van der Waals surface area contributed by atoms with E-state index in [4.69, 9.17) is 4.99 Å². The lowest BCUT2D eigenvalue weighted by Gasteiger charge is -2.10. The largest absolute Gasteiger partial charge is 0.282 e. The lowest BCUT2D eigenvalue weighted by atomic mass is 10.1. The number of hydrogen-bond donors (Lipinski definition) is 0. The first-order chi connectivity index (χ1) is 13.1. The number of nitro benzene ring substituents is 1. The van der Waals surface area contributed by atoms with Crippen molar-refractivity contribution in [1.82, 2.24) is 9.55 Å². The van der Waals surface area contributed by atoms with Crippen LogP contribution in [0.15, 0.2) is 88.6 Å². The van der Waals surface area contributed by atoms with Gasteiger partial charge in [0.25, 0.3) is 5.69 Å². The second-order valence-electron chi connectivity index (χ2n) is 5.82. The first-order valence-electron chi connectivity index (χ1n) is 8.13. The molecule has 27 heavy (non-hydrogen) atoms. The van der Waals surface area contributed by atoms with Crippen molar-refractivity contribution in [3.8, 4) is 0 Å². The molecular weight excluding hydrogens is 408 g/mol. The summed E-state index contributed by atoms with van der Waals surface area (Å²) in [5.41, 5.74) is 3.31.